The highest BCUT2D eigenvalue weighted by atomic mass is 35.5. The predicted molar refractivity (Wildman–Crippen MR) is 101 cm³/mol. The maximum atomic E-state index is 12.8. The van der Waals surface area contributed by atoms with Crippen molar-refractivity contribution in [2.45, 2.75) is 12.8 Å². The van der Waals surface area contributed by atoms with Crippen molar-refractivity contribution in [1.29, 1.82) is 0 Å². The Morgan fingerprint density at radius 3 is 2.85 bits per heavy atom. The molecule has 1 aliphatic heterocycles. The highest BCUT2D eigenvalue weighted by molar-refractivity contribution is 6.32. The van der Waals surface area contributed by atoms with Gasteiger partial charge in [-0.25, -0.2) is 4.39 Å². The lowest BCUT2D eigenvalue weighted by molar-refractivity contribution is -0.116. The minimum absolute atomic E-state index is 0.146. The Hall–Kier alpha value is -2.73. The molecule has 0 aliphatic carbocycles. The fourth-order valence-electron chi connectivity index (χ4n) is 2.47. The molecule has 0 spiro atoms. The van der Waals surface area contributed by atoms with E-state index in [9.17, 15) is 9.18 Å². The lowest BCUT2D eigenvalue weighted by atomic mass is 10.2. The van der Waals surface area contributed by atoms with Gasteiger partial charge in [-0.3, -0.25) is 4.79 Å². The van der Waals surface area contributed by atoms with Gasteiger partial charge in [0.05, 0.1) is 11.6 Å². The van der Waals surface area contributed by atoms with Gasteiger partial charge in [0.25, 0.3) is 0 Å². The number of benzene rings is 2. The van der Waals surface area contributed by atoms with Crippen LogP contribution in [-0.2, 0) is 4.79 Å². The van der Waals surface area contributed by atoms with E-state index in [0.717, 1.165) is 18.4 Å². The molecule has 2 aromatic rings. The lowest BCUT2D eigenvalue weighted by Crippen LogP contribution is -2.22. The molecule has 27 heavy (non-hydrogen) atoms. The Kier molecular flexibility index (Phi) is 6.54. The molecule has 0 atom stereocenters. The van der Waals surface area contributed by atoms with E-state index in [4.69, 9.17) is 25.8 Å². The Labute approximate surface area is 161 Å². The molecule has 0 unspecified atom stereocenters. The highest BCUT2D eigenvalue weighted by Crippen LogP contribution is 2.40. The molecule has 5 nitrogen and oxygen atoms in total. The minimum Gasteiger partial charge on any atom is -0.494 e. The number of rotatable bonds is 8. The zero-order valence-electron chi connectivity index (χ0n) is 14.5. The molecular weight excluding hydrogens is 373 g/mol. The van der Waals surface area contributed by atoms with Gasteiger partial charge in [0.15, 0.2) is 11.5 Å². The summed E-state index contributed by atoms with van der Waals surface area (Å²) in [6.07, 6.45) is 4.67. The second-order valence-corrected chi connectivity index (χ2v) is 6.28. The number of hydrogen-bond acceptors (Lipinski definition) is 4. The summed E-state index contributed by atoms with van der Waals surface area (Å²) in [5.74, 6) is 1.25. The first-order valence-electron chi connectivity index (χ1n) is 8.55. The first kappa shape index (κ1) is 19.0. The zero-order valence-corrected chi connectivity index (χ0v) is 15.3. The highest BCUT2D eigenvalue weighted by Gasteiger charge is 2.17. The van der Waals surface area contributed by atoms with Crippen LogP contribution >= 0.6 is 11.6 Å². The summed E-state index contributed by atoms with van der Waals surface area (Å²) in [5, 5.41) is 3.26. The maximum Gasteiger partial charge on any atom is 0.243 e. The van der Waals surface area contributed by atoms with Gasteiger partial charge >= 0.3 is 0 Å². The van der Waals surface area contributed by atoms with Gasteiger partial charge in [-0.15, -0.1) is 0 Å². The summed E-state index contributed by atoms with van der Waals surface area (Å²) in [7, 11) is 0. The molecule has 1 N–H and O–H groups in total. The predicted octanol–water partition coefficient (Wildman–Crippen LogP) is 4.20. The van der Waals surface area contributed by atoms with Crippen LogP contribution in [0.5, 0.6) is 17.2 Å². The van der Waals surface area contributed by atoms with Crippen molar-refractivity contribution in [3.05, 3.63) is 58.9 Å². The average Bonchev–Trinajstić information content (AvgIpc) is 3.13. The quantitative estimate of drug-likeness (QED) is 0.541. The van der Waals surface area contributed by atoms with E-state index in [0.29, 0.717) is 35.4 Å². The molecule has 0 saturated carbocycles. The van der Waals surface area contributed by atoms with E-state index in [-0.39, 0.29) is 18.5 Å². The summed E-state index contributed by atoms with van der Waals surface area (Å²) in [5.41, 5.74) is 0.757. The molecule has 3 rings (SSSR count). The molecule has 2 aromatic carbocycles. The van der Waals surface area contributed by atoms with Crippen molar-refractivity contribution in [2.24, 2.45) is 0 Å². The standard InChI is InChI=1S/C20H19ClFNO4/c21-17-11-14(12-18-20(17)27-13-26-18)3-8-19(24)23-9-1-2-10-25-16-6-4-15(22)5-7-16/h3-8,11-12H,1-2,9-10,13H2,(H,23,24)/b8-3+. The van der Waals surface area contributed by atoms with Crippen molar-refractivity contribution in [3.63, 3.8) is 0 Å². The number of nitrogens with one attached hydrogen (secondary N) is 1. The van der Waals surface area contributed by atoms with Crippen LogP contribution in [0.15, 0.2) is 42.5 Å². The number of hydrogen-bond donors (Lipinski definition) is 1. The molecular formula is C20H19ClFNO4. The Bertz CT molecular complexity index is 823. The van der Waals surface area contributed by atoms with Gasteiger partial charge in [0.2, 0.25) is 12.7 Å². The average molecular weight is 392 g/mol. The summed E-state index contributed by atoms with van der Waals surface area (Å²) in [6, 6.07) is 9.37. The number of fused-ring (bicyclic) bond motifs is 1. The third-order valence-corrected chi connectivity index (χ3v) is 4.11. The first-order chi connectivity index (χ1) is 13.1. The van der Waals surface area contributed by atoms with Crippen LogP contribution in [0.1, 0.15) is 18.4 Å². The van der Waals surface area contributed by atoms with Crippen LogP contribution in [-0.4, -0.2) is 25.9 Å². The van der Waals surface area contributed by atoms with E-state index in [1.807, 2.05) is 0 Å². The van der Waals surface area contributed by atoms with Crippen molar-refractivity contribution >= 4 is 23.6 Å². The molecule has 7 heteroatoms. The molecule has 0 aromatic heterocycles. The second-order valence-electron chi connectivity index (χ2n) is 5.87. The maximum absolute atomic E-state index is 12.8. The molecule has 0 bridgehead atoms. The second kappa shape index (κ2) is 9.28. The molecule has 1 heterocycles. The SMILES string of the molecule is O=C(/C=C/c1cc(Cl)c2c(c1)OCO2)NCCCCOc1ccc(F)cc1. The van der Waals surface area contributed by atoms with Crippen molar-refractivity contribution in [2.75, 3.05) is 19.9 Å². The number of unbranched alkanes of at least 4 members (excludes halogenated alkanes) is 1. The summed E-state index contributed by atoms with van der Waals surface area (Å²) in [6.45, 7) is 1.19. The third kappa shape index (κ3) is 5.62. The largest absolute Gasteiger partial charge is 0.494 e. The Morgan fingerprint density at radius 1 is 1.22 bits per heavy atom. The van der Waals surface area contributed by atoms with Crippen LogP contribution in [0.3, 0.4) is 0 Å². The van der Waals surface area contributed by atoms with Crippen molar-refractivity contribution in [3.8, 4) is 17.2 Å². The molecule has 0 saturated heterocycles. The van der Waals surface area contributed by atoms with E-state index in [1.54, 1.807) is 30.3 Å². The smallest absolute Gasteiger partial charge is 0.243 e. The van der Waals surface area contributed by atoms with Crippen molar-refractivity contribution < 1.29 is 23.4 Å². The van der Waals surface area contributed by atoms with Gasteiger partial charge in [0, 0.05) is 12.6 Å². The summed E-state index contributed by atoms with van der Waals surface area (Å²) >= 11 is 6.10. The van der Waals surface area contributed by atoms with Gasteiger partial charge in [-0.1, -0.05) is 11.6 Å². The van der Waals surface area contributed by atoms with E-state index < -0.39 is 0 Å². The fourth-order valence-corrected chi connectivity index (χ4v) is 2.75. The van der Waals surface area contributed by atoms with Crippen LogP contribution in [0.4, 0.5) is 4.39 Å². The molecule has 0 radical (unpaired) electrons. The number of ether oxygens (including phenoxy) is 3. The van der Waals surface area contributed by atoms with Gasteiger partial charge in [-0.05, 0) is 60.9 Å². The topological polar surface area (TPSA) is 56.8 Å². The van der Waals surface area contributed by atoms with E-state index >= 15 is 0 Å². The molecule has 1 aliphatic rings. The van der Waals surface area contributed by atoms with Crippen LogP contribution in [0.25, 0.3) is 6.08 Å². The zero-order chi connectivity index (χ0) is 19.1. The third-order valence-electron chi connectivity index (χ3n) is 3.83. The van der Waals surface area contributed by atoms with Crippen molar-refractivity contribution in [1.82, 2.24) is 5.32 Å². The van der Waals surface area contributed by atoms with Gasteiger partial charge in [0.1, 0.15) is 11.6 Å². The summed E-state index contributed by atoms with van der Waals surface area (Å²) in [4.78, 5) is 11.9. The van der Waals surface area contributed by atoms with E-state index in [1.165, 1.54) is 18.2 Å². The fraction of sp³-hybridized carbons (Fsp3) is 0.250. The molecule has 1 amide bonds. The van der Waals surface area contributed by atoms with Crippen LogP contribution < -0.4 is 19.5 Å². The van der Waals surface area contributed by atoms with E-state index in [2.05, 4.69) is 5.32 Å². The molecule has 142 valence electrons. The normalized spacial score (nSPS) is 12.4. The van der Waals surface area contributed by atoms with Gasteiger partial charge in [-0.2, -0.15) is 0 Å². The lowest BCUT2D eigenvalue weighted by Gasteiger charge is -2.06. The first-order valence-corrected chi connectivity index (χ1v) is 8.93. The Morgan fingerprint density at radius 2 is 2.04 bits per heavy atom. The number of amides is 1. The number of carbonyl (C=O) groups excluding carboxylic acids is 1. The Balaban J connectivity index is 1.34. The van der Waals surface area contributed by atoms with Crippen LogP contribution in [0.2, 0.25) is 5.02 Å². The monoisotopic (exact) mass is 391 g/mol. The molecule has 0 fully saturated rings. The van der Waals surface area contributed by atoms with Crippen LogP contribution in [0, 0.1) is 5.82 Å². The number of halogens is 2. The number of carbonyl (C=O) groups is 1. The van der Waals surface area contributed by atoms with Gasteiger partial charge < -0.3 is 19.5 Å². The summed E-state index contributed by atoms with van der Waals surface area (Å²) < 4.78 is 28.8. The minimum atomic E-state index is -0.291.